The van der Waals surface area contributed by atoms with Crippen LogP contribution >= 0.6 is 0 Å². The van der Waals surface area contributed by atoms with E-state index >= 15 is 0 Å². The van der Waals surface area contributed by atoms with Crippen LogP contribution in [0.1, 0.15) is 13.8 Å². The molecule has 0 aromatic heterocycles. The first-order valence-electron chi connectivity index (χ1n) is 4.43. The maximum atomic E-state index is 5.24. The first-order chi connectivity index (χ1) is 6.16. The maximum absolute atomic E-state index is 5.24. The summed E-state index contributed by atoms with van der Waals surface area (Å²) < 4.78 is 5.24. The Bertz CT molecular complexity index is 276. The van der Waals surface area contributed by atoms with E-state index in [0.717, 1.165) is 11.4 Å². The summed E-state index contributed by atoms with van der Waals surface area (Å²) in [5.41, 5.74) is 1.11. The fraction of sp³-hybridized carbons (Fsp3) is 0.455. The molecule has 0 amide bonds. The van der Waals surface area contributed by atoms with Gasteiger partial charge in [-0.2, -0.15) is 12.1 Å². The van der Waals surface area contributed by atoms with Crippen LogP contribution in [0, 0.1) is 6.07 Å². The van der Waals surface area contributed by atoms with Crippen molar-refractivity contribution in [3.05, 3.63) is 24.3 Å². The molecule has 0 fully saturated rings. The van der Waals surface area contributed by atoms with Crippen molar-refractivity contribution in [2.75, 3.05) is 19.1 Å². The molecular formula is C11H16KNO. The molecule has 0 spiro atoms. The second-order valence-corrected chi connectivity index (χ2v) is 3.30. The molecule has 0 aliphatic rings. The minimum Gasteiger partial charge on any atom is -0.552 e. The Kier molecular flexibility index (Phi) is 7.08. The fourth-order valence-electron chi connectivity index (χ4n) is 1.14. The molecule has 72 valence electrons. The third kappa shape index (κ3) is 3.55. The molecule has 0 aliphatic heterocycles. The van der Waals surface area contributed by atoms with Crippen molar-refractivity contribution in [2.45, 2.75) is 19.9 Å². The van der Waals surface area contributed by atoms with E-state index in [2.05, 4.69) is 31.9 Å². The van der Waals surface area contributed by atoms with E-state index in [1.54, 1.807) is 7.11 Å². The zero-order chi connectivity index (χ0) is 9.84. The molecule has 2 nitrogen and oxygen atoms in total. The summed E-state index contributed by atoms with van der Waals surface area (Å²) in [5.74, 6) is 0.874. The van der Waals surface area contributed by atoms with Crippen molar-refractivity contribution in [3.63, 3.8) is 0 Å². The average Bonchev–Trinajstić information content (AvgIpc) is 2.16. The number of methoxy groups -OCH3 is 1. The predicted octanol–water partition coefficient (Wildman–Crippen LogP) is -0.656. The van der Waals surface area contributed by atoms with Gasteiger partial charge in [0.1, 0.15) is 0 Å². The van der Waals surface area contributed by atoms with Gasteiger partial charge in [0.25, 0.3) is 0 Å². The maximum Gasteiger partial charge on any atom is 1.00 e. The Balaban J connectivity index is 0.00000169. The van der Waals surface area contributed by atoms with Gasteiger partial charge in [-0.05, 0) is 19.5 Å². The van der Waals surface area contributed by atoms with E-state index in [0.29, 0.717) is 6.04 Å². The molecule has 0 saturated heterocycles. The van der Waals surface area contributed by atoms with Gasteiger partial charge in [-0.15, -0.1) is 12.1 Å². The van der Waals surface area contributed by atoms with Gasteiger partial charge in [0.2, 0.25) is 0 Å². The first-order valence-corrected chi connectivity index (χ1v) is 4.43. The normalized spacial score (nSPS) is 9.50. The Labute approximate surface area is 129 Å². The van der Waals surface area contributed by atoms with E-state index in [-0.39, 0.29) is 51.4 Å². The molecule has 0 heterocycles. The van der Waals surface area contributed by atoms with Crippen LogP contribution in [-0.4, -0.2) is 20.2 Å². The molecule has 14 heavy (non-hydrogen) atoms. The van der Waals surface area contributed by atoms with Gasteiger partial charge < -0.3 is 9.64 Å². The quantitative estimate of drug-likeness (QED) is 0.492. The number of ether oxygens (including phenoxy) is 1. The van der Waals surface area contributed by atoms with E-state index in [4.69, 9.17) is 4.74 Å². The van der Waals surface area contributed by atoms with E-state index in [1.165, 1.54) is 0 Å². The Morgan fingerprint density at radius 3 is 2.57 bits per heavy atom. The van der Waals surface area contributed by atoms with Gasteiger partial charge in [-0.25, -0.2) is 0 Å². The summed E-state index contributed by atoms with van der Waals surface area (Å²) in [7, 11) is 3.74. The molecular weight excluding hydrogens is 201 g/mol. The van der Waals surface area contributed by atoms with Gasteiger partial charge >= 0.3 is 51.4 Å². The molecule has 0 aliphatic carbocycles. The third-order valence-corrected chi connectivity index (χ3v) is 2.18. The number of benzene rings is 1. The van der Waals surface area contributed by atoms with Crippen LogP contribution in [0.5, 0.6) is 5.75 Å². The Hall–Kier alpha value is 0.456. The number of rotatable bonds is 3. The molecule has 0 N–H and O–H groups in total. The summed E-state index contributed by atoms with van der Waals surface area (Å²) in [4.78, 5) is 2.17. The van der Waals surface area contributed by atoms with Crippen LogP contribution in [0.3, 0.4) is 0 Å². The van der Waals surface area contributed by atoms with Crippen LogP contribution in [-0.2, 0) is 0 Å². The number of hydrogen-bond donors (Lipinski definition) is 0. The van der Waals surface area contributed by atoms with Gasteiger partial charge in [-0.3, -0.25) is 0 Å². The molecule has 0 radical (unpaired) electrons. The topological polar surface area (TPSA) is 12.5 Å². The third-order valence-electron chi connectivity index (χ3n) is 2.18. The Morgan fingerprint density at radius 2 is 2.07 bits per heavy atom. The summed E-state index contributed by atoms with van der Waals surface area (Å²) in [5, 5.41) is 0. The minimum atomic E-state index is 0. The zero-order valence-corrected chi connectivity index (χ0v) is 12.8. The Morgan fingerprint density at radius 1 is 1.43 bits per heavy atom. The van der Waals surface area contributed by atoms with E-state index < -0.39 is 0 Å². The fourth-order valence-corrected chi connectivity index (χ4v) is 1.14. The smallest absolute Gasteiger partial charge is 0.552 e. The molecule has 1 rings (SSSR count). The number of nitrogens with zero attached hydrogens (tertiary/aromatic N) is 1. The molecule has 0 bridgehead atoms. The monoisotopic (exact) mass is 217 g/mol. The molecule has 0 saturated carbocycles. The summed E-state index contributed by atoms with van der Waals surface area (Å²) in [6, 6.07) is 9.23. The number of anilines is 1. The average molecular weight is 217 g/mol. The second kappa shape index (κ2) is 6.85. The molecule has 1 aromatic carbocycles. The molecule has 3 heteroatoms. The SMILES string of the molecule is COc1c[c-]ccc1N(C)C(C)C.[K+]. The van der Waals surface area contributed by atoms with Gasteiger partial charge in [0.05, 0.1) is 7.11 Å². The van der Waals surface area contributed by atoms with Crippen molar-refractivity contribution < 1.29 is 56.1 Å². The van der Waals surface area contributed by atoms with Gasteiger partial charge in [-0.1, -0.05) is 0 Å². The van der Waals surface area contributed by atoms with Crippen LogP contribution < -0.4 is 61.0 Å². The summed E-state index contributed by atoms with van der Waals surface area (Å²) in [6.07, 6.45) is 0. The molecule has 1 aromatic rings. The van der Waals surface area contributed by atoms with Gasteiger partial charge in [0.15, 0.2) is 0 Å². The van der Waals surface area contributed by atoms with Gasteiger partial charge in [0, 0.05) is 18.8 Å². The second-order valence-electron chi connectivity index (χ2n) is 3.30. The van der Waals surface area contributed by atoms with E-state index in [9.17, 15) is 0 Å². The molecule has 0 atom stereocenters. The van der Waals surface area contributed by atoms with Crippen molar-refractivity contribution in [1.82, 2.24) is 0 Å². The van der Waals surface area contributed by atoms with Crippen LogP contribution in [0.15, 0.2) is 18.2 Å². The summed E-state index contributed by atoms with van der Waals surface area (Å²) >= 11 is 0. The van der Waals surface area contributed by atoms with Crippen LogP contribution in [0.4, 0.5) is 5.69 Å². The number of hydrogen-bond acceptors (Lipinski definition) is 2. The van der Waals surface area contributed by atoms with Crippen LogP contribution in [0.25, 0.3) is 0 Å². The van der Waals surface area contributed by atoms with Crippen LogP contribution in [0.2, 0.25) is 0 Å². The first kappa shape index (κ1) is 14.5. The summed E-state index contributed by atoms with van der Waals surface area (Å²) in [6.45, 7) is 4.30. The molecule has 0 unspecified atom stereocenters. The van der Waals surface area contributed by atoms with Crippen molar-refractivity contribution >= 4 is 5.69 Å². The van der Waals surface area contributed by atoms with E-state index in [1.807, 2.05) is 18.2 Å². The van der Waals surface area contributed by atoms with Crippen molar-refractivity contribution in [1.29, 1.82) is 0 Å². The zero-order valence-electron chi connectivity index (χ0n) is 9.66. The predicted molar refractivity (Wildman–Crippen MR) is 55.4 cm³/mol. The van der Waals surface area contributed by atoms with Crippen molar-refractivity contribution in [2.24, 2.45) is 0 Å². The van der Waals surface area contributed by atoms with Crippen molar-refractivity contribution in [3.8, 4) is 5.75 Å². The minimum absolute atomic E-state index is 0. The standard InChI is InChI=1S/C11H16NO.K/c1-9(2)12(3)10-7-5-6-8-11(10)13-4;/h5,7-9H,1-4H3;/q-1;+1. The largest absolute Gasteiger partial charge is 1.00 e.